The van der Waals surface area contributed by atoms with E-state index < -0.39 is 10.2 Å². The molecule has 1 fully saturated rings. The van der Waals surface area contributed by atoms with Crippen molar-refractivity contribution in [3.63, 3.8) is 0 Å². The summed E-state index contributed by atoms with van der Waals surface area (Å²) in [4.78, 5) is 0. The van der Waals surface area contributed by atoms with Crippen LogP contribution in [-0.2, 0) is 10.2 Å². The van der Waals surface area contributed by atoms with Gasteiger partial charge in [0.2, 0.25) is 0 Å². The van der Waals surface area contributed by atoms with E-state index in [4.69, 9.17) is 0 Å². The Morgan fingerprint density at radius 2 is 1.90 bits per heavy atom. The van der Waals surface area contributed by atoms with Crippen molar-refractivity contribution >= 4 is 10.2 Å². The average molecular weight is 320 g/mol. The summed E-state index contributed by atoms with van der Waals surface area (Å²) in [5.74, 6) is 0. The van der Waals surface area contributed by atoms with E-state index in [0.29, 0.717) is 13.1 Å². The minimum absolute atomic E-state index is 0.0948. The molecule has 1 aliphatic rings. The molecule has 1 heterocycles. The summed E-state index contributed by atoms with van der Waals surface area (Å²) in [6.45, 7) is 11.4. The van der Waals surface area contributed by atoms with Crippen molar-refractivity contribution < 1.29 is 8.42 Å². The standard InChI is InChI=1S/C15H33N3O2S/c1-5-10-16-13-14-8-6-7-12-18(14)21(19,20)17-11-9-15(2,3)4/h14,16-17H,5-13H2,1-4H3. The Morgan fingerprint density at radius 3 is 2.52 bits per heavy atom. The van der Waals surface area contributed by atoms with E-state index in [2.05, 4.69) is 37.7 Å². The van der Waals surface area contributed by atoms with Crippen LogP contribution in [0.15, 0.2) is 0 Å². The first-order valence-electron chi connectivity index (χ1n) is 8.23. The predicted octanol–water partition coefficient (Wildman–Crippen LogP) is 2.11. The molecule has 0 amide bonds. The van der Waals surface area contributed by atoms with Gasteiger partial charge in [-0.05, 0) is 37.6 Å². The first kappa shape index (κ1) is 18.9. The van der Waals surface area contributed by atoms with E-state index >= 15 is 0 Å². The summed E-state index contributed by atoms with van der Waals surface area (Å²) in [6, 6.07) is 0.0948. The Hall–Kier alpha value is -0.170. The van der Waals surface area contributed by atoms with Crippen LogP contribution in [0.4, 0.5) is 0 Å². The molecule has 1 rings (SSSR count). The lowest BCUT2D eigenvalue weighted by molar-refractivity contribution is 0.242. The fraction of sp³-hybridized carbons (Fsp3) is 1.00. The summed E-state index contributed by atoms with van der Waals surface area (Å²) in [6.07, 6.45) is 4.95. The molecule has 5 nitrogen and oxygen atoms in total. The third-order valence-electron chi connectivity index (χ3n) is 3.85. The number of nitrogens with one attached hydrogen (secondary N) is 2. The van der Waals surface area contributed by atoms with Crippen LogP contribution in [0.3, 0.4) is 0 Å². The summed E-state index contributed by atoms with van der Waals surface area (Å²) >= 11 is 0. The average Bonchev–Trinajstić information content (AvgIpc) is 2.37. The van der Waals surface area contributed by atoms with Gasteiger partial charge in [0, 0.05) is 25.7 Å². The first-order chi connectivity index (χ1) is 9.76. The van der Waals surface area contributed by atoms with Gasteiger partial charge in [0.15, 0.2) is 0 Å². The second-order valence-corrected chi connectivity index (χ2v) is 8.88. The van der Waals surface area contributed by atoms with Gasteiger partial charge in [0.05, 0.1) is 0 Å². The highest BCUT2D eigenvalue weighted by Gasteiger charge is 2.31. The van der Waals surface area contributed by atoms with Crippen molar-refractivity contribution in [3.05, 3.63) is 0 Å². The molecular formula is C15H33N3O2S. The van der Waals surface area contributed by atoms with Crippen LogP contribution in [0.5, 0.6) is 0 Å². The first-order valence-corrected chi connectivity index (χ1v) is 9.67. The van der Waals surface area contributed by atoms with Crippen molar-refractivity contribution in [1.29, 1.82) is 0 Å². The minimum atomic E-state index is -3.35. The molecule has 0 radical (unpaired) electrons. The molecule has 6 heteroatoms. The maximum Gasteiger partial charge on any atom is 0.279 e. The molecule has 126 valence electrons. The van der Waals surface area contributed by atoms with E-state index in [1.807, 2.05) is 0 Å². The summed E-state index contributed by atoms with van der Waals surface area (Å²) in [7, 11) is -3.35. The molecule has 1 aliphatic heterocycles. The molecule has 0 saturated carbocycles. The molecule has 1 unspecified atom stereocenters. The fourth-order valence-electron chi connectivity index (χ4n) is 2.58. The molecule has 0 bridgehead atoms. The zero-order valence-corrected chi connectivity index (χ0v) is 14.9. The number of hydrogen-bond donors (Lipinski definition) is 2. The summed E-state index contributed by atoms with van der Waals surface area (Å²) in [5.41, 5.74) is 0.145. The van der Waals surface area contributed by atoms with E-state index in [9.17, 15) is 8.42 Å². The SMILES string of the molecule is CCCNCC1CCCCN1S(=O)(=O)NCCC(C)(C)C. The minimum Gasteiger partial charge on any atom is -0.315 e. The second kappa shape index (κ2) is 8.46. The van der Waals surface area contributed by atoms with Gasteiger partial charge in [-0.15, -0.1) is 0 Å². The fourth-order valence-corrected chi connectivity index (χ4v) is 4.05. The van der Waals surface area contributed by atoms with Crippen molar-refractivity contribution in [2.75, 3.05) is 26.2 Å². The van der Waals surface area contributed by atoms with Crippen molar-refractivity contribution in [3.8, 4) is 0 Å². The molecule has 0 aromatic rings. The zero-order valence-electron chi connectivity index (χ0n) is 14.1. The zero-order chi connectivity index (χ0) is 15.9. The number of hydrogen-bond acceptors (Lipinski definition) is 3. The largest absolute Gasteiger partial charge is 0.315 e. The smallest absolute Gasteiger partial charge is 0.279 e. The maximum atomic E-state index is 12.5. The summed E-state index contributed by atoms with van der Waals surface area (Å²) in [5, 5.41) is 3.35. The van der Waals surface area contributed by atoms with Gasteiger partial charge in [-0.25, -0.2) is 4.72 Å². The maximum absolute atomic E-state index is 12.5. The van der Waals surface area contributed by atoms with Crippen molar-refractivity contribution in [1.82, 2.24) is 14.3 Å². The quantitative estimate of drug-likeness (QED) is 0.674. The van der Waals surface area contributed by atoms with Gasteiger partial charge in [-0.2, -0.15) is 12.7 Å². The Labute approximate surface area is 131 Å². The highest BCUT2D eigenvalue weighted by Crippen LogP contribution is 2.21. The van der Waals surface area contributed by atoms with E-state index in [-0.39, 0.29) is 11.5 Å². The van der Waals surface area contributed by atoms with Crippen LogP contribution in [0, 0.1) is 5.41 Å². The van der Waals surface area contributed by atoms with Gasteiger partial charge >= 0.3 is 0 Å². The second-order valence-electron chi connectivity index (χ2n) is 7.17. The van der Waals surface area contributed by atoms with Gasteiger partial charge in [0.1, 0.15) is 0 Å². The third kappa shape index (κ3) is 7.08. The summed E-state index contributed by atoms with van der Waals surface area (Å²) < 4.78 is 29.4. The molecule has 1 saturated heterocycles. The van der Waals surface area contributed by atoms with Crippen LogP contribution in [0.25, 0.3) is 0 Å². The molecule has 0 aromatic heterocycles. The Bertz CT molecular complexity index is 390. The topological polar surface area (TPSA) is 61.4 Å². The molecule has 0 spiro atoms. The van der Waals surface area contributed by atoms with Crippen LogP contribution in [0.2, 0.25) is 0 Å². The van der Waals surface area contributed by atoms with Crippen LogP contribution >= 0.6 is 0 Å². The lowest BCUT2D eigenvalue weighted by Crippen LogP contribution is -2.52. The molecule has 0 aromatic carbocycles. The Morgan fingerprint density at radius 1 is 1.19 bits per heavy atom. The number of rotatable bonds is 8. The van der Waals surface area contributed by atoms with E-state index in [0.717, 1.165) is 45.2 Å². The predicted molar refractivity (Wildman–Crippen MR) is 88.5 cm³/mol. The molecule has 0 aliphatic carbocycles. The van der Waals surface area contributed by atoms with E-state index in [1.165, 1.54) is 0 Å². The van der Waals surface area contributed by atoms with Gasteiger partial charge in [-0.1, -0.05) is 34.1 Å². The van der Waals surface area contributed by atoms with Gasteiger partial charge in [-0.3, -0.25) is 0 Å². The van der Waals surface area contributed by atoms with Crippen molar-refractivity contribution in [2.45, 2.75) is 65.8 Å². The Kier molecular flexibility index (Phi) is 7.60. The highest BCUT2D eigenvalue weighted by atomic mass is 32.2. The van der Waals surface area contributed by atoms with Crippen LogP contribution in [-0.4, -0.2) is 44.9 Å². The molecule has 2 N–H and O–H groups in total. The monoisotopic (exact) mass is 319 g/mol. The Balaban J connectivity index is 2.55. The van der Waals surface area contributed by atoms with Gasteiger partial charge < -0.3 is 5.32 Å². The normalized spacial score (nSPS) is 21.6. The van der Waals surface area contributed by atoms with Crippen molar-refractivity contribution in [2.24, 2.45) is 5.41 Å². The highest BCUT2D eigenvalue weighted by molar-refractivity contribution is 7.87. The van der Waals surface area contributed by atoms with E-state index in [1.54, 1.807) is 4.31 Å². The van der Waals surface area contributed by atoms with Crippen LogP contribution in [0.1, 0.15) is 59.8 Å². The van der Waals surface area contributed by atoms with Gasteiger partial charge in [0.25, 0.3) is 10.2 Å². The number of nitrogens with zero attached hydrogens (tertiary/aromatic N) is 1. The molecule has 1 atom stereocenters. The molecular weight excluding hydrogens is 286 g/mol. The van der Waals surface area contributed by atoms with Crippen LogP contribution < -0.4 is 10.0 Å². The lowest BCUT2D eigenvalue weighted by atomic mass is 9.93. The third-order valence-corrected chi connectivity index (χ3v) is 5.52. The molecule has 21 heavy (non-hydrogen) atoms. The lowest BCUT2D eigenvalue weighted by Gasteiger charge is -2.35. The number of piperidine rings is 1.